The van der Waals surface area contributed by atoms with Gasteiger partial charge < -0.3 is 4.42 Å². The van der Waals surface area contributed by atoms with E-state index in [1.165, 1.54) is 11.3 Å². The van der Waals surface area contributed by atoms with Crippen LogP contribution in [-0.2, 0) is 11.2 Å². The first-order chi connectivity index (χ1) is 13.6. The van der Waals surface area contributed by atoms with Crippen molar-refractivity contribution < 1.29 is 14.0 Å². The molecular formula is C20H14ClN3O3S. The van der Waals surface area contributed by atoms with E-state index in [0.29, 0.717) is 15.8 Å². The van der Waals surface area contributed by atoms with Crippen molar-refractivity contribution in [2.45, 2.75) is 6.42 Å². The van der Waals surface area contributed by atoms with Crippen molar-refractivity contribution in [1.82, 2.24) is 15.8 Å². The molecule has 0 saturated heterocycles. The number of hydrogen-bond acceptors (Lipinski definition) is 5. The highest BCUT2D eigenvalue weighted by atomic mass is 35.5. The number of aromatic nitrogens is 1. The minimum Gasteiger partial charge on any atom is -0.448 e. The summed E-state index contributed by atoms with van der Waals surface area (Å²) in [6.45, 7) is 0. The highest BCUT2D eigenvalue weighted by Crippen LogP contribution is 2.31. The van der Waals surface area contributed by atoms with Gasteiger partial charge in [0, 0.05) is 5.02 Å². The Morgan fingerprint density at radius 2 is 1.79 bits per heavy atom. The average molecular weight is 412 g/mol. The number of rotatable bonds is 4. The second-order valence-electron chi connectivity index (χ2n) is 5.96. The molecule has 0 radical (unpaired) electrons. The SMILES string of the molecule is O=C(Cc1ccc(Cl)cc1)NNC(=O)c1ccc(-c2nc3ccccc3s2)o1. The van der Waals surface area contributed by atoms with Crippen molar-refractivity contribution in [3.05, 3.63) is 77.0 Å². The van der Waals surface area contributed by atoms with Gasteiger partial charge in [0.25, 0.3) is 0 Å². The van der Waals surface area contributed by atoms with Crippen LogP contribution in [0.1, 0.15) is 16.1 Å². The molecule has 0 aliphatic carbocycles. The van der Waals surface area contributed by atoms with Crippen LogP contribution in [0.2, 0.25) is 5.02 Å². The molecule has 0 atom stereocenters. The Balaban J connectivity index is 1.37. The number of nitrogens with zero attached hydrogens (tertiary/aromatic N) is 1. The number of hydrazine groups is 1. The van der Waals surface area contributed by atoms with Crippen LogP contribution in [0, 0.1) is 0 Å². The first-order valence-electron chi connectivity index (χ1n) is 8.38. The number of amides is 2. The van der Waals surface area contributed by atoms with Crippen LogP contribution in [0.15, 0.2) is 65.1 Å². The summed E-state index contributed by atoms with van der Waals surface area (Å²) in [5.74, 6) is -0.315. The molecule has 0 unspecified atom stereocenters. The van der Waals surface area contributed by atoms with Gasteiger partial charge >= 0.3 is 5.91 Å². The lowest BCUT2D eigenvalue weighted by Gasteiger charge is -2.06. The van der Waals surface area contributed by atoms with Gasteiger partial charge in [0.2, 0.25) is 5.91 Å². The van der Waals surface area contributed by atoms with Crippen molar-refractivity contribution in [3.8, 4) is 10.8 Å². The fraction of sp³-hybridized carbons (Fsp3) is 0.0500. The summed E-state index contributed by atoms with van der Waals surface area (Å²) in [5, 5.41) is 1.28. The van der Waals surface area contributed by atoms with Crippen LogP contribution in [-0.4, -0.2) is 16.8 Å². The normalized spacial score (nSPS) is 10.8. The zero-order chi connectivity index (χ0) is 19.5. The van der Waals surface area contributed by atoms with Crippen LogP contribution in [0.25, 0.3) is 21.0 Å². The summed E-state index contributed by atoms with van der Waals surface area (Å²) in [5.41, 5.74) is 6.38. The molecule has 2 heterocycles. The van der Waals surface area contributed by atoms with Crippen molar-refractivity contribution in [2.75, 3.05) is 0 Å². The second-order valence-corrected chi connectivity index (χ2v) is 7.42. The Kier molecular flexibility index (Phi) is 5.10. The van der Waals surface area contributed by atoms with E-state index in [9.17, 15) is 9.59 Å². The first-order valence-corrected chi connectivity index (χ1v) is 9.57. The molecule has 0 aliphatic heterocycles. The number of fused-ring (bicyclic) bond motifs is 1. The van der Waals surface area contributed by atoms with Crippen LogP contribution in [0.5, 0.6) is 0 Å². The molecule has 140 valence electrons. The summed E-state index contributed by atoms with van der Waals surface area (Å²) in [6.07, 6.45) is 0.118. The van der Waals surface area contributed by atoms with E-state index in [1.807, 2.05) is 24.3 Å². The number of halogens is 1. The summed E-state index contributed by atoms with van der Waals surface area (Å²) >= 11 is 7.30. The van der Waals surface area contributed by atoms with Crippen molar-refractivity contribution in [1.29, 1.82) is 0 Å². The second kappa shape index (κ2) is 7.84. The number of para-hydroxylation sites is 1. The number of carbonyl (C=O) groups excluding carboxylic acids is 2. The van der Waals surface area contributed by atoms with Gasteiger partial charge in [-0.2, -0.15) is 0 Å². The van der Waals surface area contributed by atoms with Crippen LogP contribution < -0.4 is 10.9 Å². The van der Waals surface area contributed by atoms with Gasteiger partial charge in [0.1, 0.15) is 0 Å². The molecule has 0 bridgehead atoms. The molecule has 28 heavy (non-hydrogen) atoms. The third-order valence-corrected chi connectivity index (χ3v) is 5.23. The summed E-state index contributed by atoms with van der Waals surface area (Å²) in [4.78, 5) is 28.7. The Bertz CT molecular complexity index is 1120. The van der Waals surface area contributed by atoms with Crippen LogP contribution in [0.4, 0.5) is 0 Å². The van der Waals surface area contributed by atoms with Gasteiger partial charge in [-0.1, -0.05) is 35.9 Å². The predicted molar refractivity (Wildman–Crippen MR) is 108 cm³/mol. The highest BCUT2D eigenvalue weighted by Gasteiger charge is 2.15. The fourth-order valence-electron chi connectivity index (χ4n) is 2.57. The third-order valence-electron chi connectivity index (χ3n) is 3.93. The van der Waals surface area contributed by atoms with Crippen molar-refractivity contribution in [3.63, 3.8) is 0 Å². The quantitative estimate of drug-likeness (QED) is 0.492. The van der Waals surface area contributed by atoms with E-state index in [4.69, 9.17) is 16.0 Å². The predicted octanol–water partition coefficient (Wildman–Crippen LogP) is 4.21. The molecule has 6 nitrogen and oxygen atoms in total. The number of nitrogens with one attached hydrogen (secondary N) is 2. The largest absolute Gasteiger partial charge is 0.448 e. The topological polar surface area (TPSA) is 84.2 Å². The van der Waals surface area contributed by atoms with Crippen molar-refractivity contribution >= 4 is 45.0 Å². The lowest BCUT2D eigenvalue weighted by molar-refractivity contribution is -0.121. The standard InChI is InChI=1S/C20H14ClN3O3S/c21-13-7-5-12(6-8-13)11-18(25)23-24-19(26)15-9-10-16(27-15)20-22-14-3-1-2-4-17(14)28-20/h1-10H,11H2,(H,23,25)(H,24,26). The van der Waals surface area contributed by atoms with E-state index in [-0.39, 0.29) is 18.1 Å². The summed E-state index contributed by atoms with van der Waals surface area (Å²) < 4.78 is 6.63. The van der Waals surface area contributed by atoms with E-state index < -0.39 is 5.91 Å². The summed E-state index contributed by atoms with van der Waals surface area (Å²) in [7, 11) is 0. The molecular weight excluding hydrogens is 398 g/mol. The molecule has 0 saturated carbocycles. The number of thiazole rings is 1. The van der Waals surface area contributed by atoms with Gasteiger partial charge in [-0.15, -0.1) is 11.3 Å². The molecule has 8 heteroatoms. The van der Waals surface area contributed by atoms with Gasteiger partial charge in [-0.3, -0.25) is 20.4 Å². The molecule has 4 rings (SSSR count). The molecule has 2 amide bonds. The lowest BCUT2D eigenvalue weighted by atomic mass is 10.1. The van der Waals surface area contributed by atoms with Crippen LogP contribution >= 0.6 is 22.9 Å². The molecule has 4 aromatic rings. The molecule has 0 fully saturated rings. The molecule has 2 N–H and O–H groups in total. The zero-order valence-electron chi connectivity index (χ0n) is 14.4. The molecule has 2 aromatic carbocycles. The van der Waals surface area contributed by atoms with E-state index in [0.717, 1.165) is 15.8 Å². The maximum absolute atomic E-state index is 12.2. The molecule has 0 spiro atoms. The summed E-state index contributed by atoms with van der Waals surface area (Å²) in [6, 6.07) is 17.9. The fourth-order valence-corrected chi connectivity index (χ4v) is 3.63. The maximum Gasteiger partial charge on any atom is 0.305 e. The minimum absolute atomic E-state index is 0.0843. The zero-order valence-corrected chi connectivity index (χ0v) is 16.0. The Hall–Kier alpha value is -3.16. The lowest BCUT2D eigenvalue weighted by Crippen LogP contribution is -2.42. The third kappa shape index (κ3) is 4.05. The van der Waals surface area contributed by atoms with Gasteiger partial charge in [0.05, 0.1) is 16.6 Å². The van der Waals surface area contributed by atoms with Gasteiger partial charge in [0.15, 0.2) is 16.5 Å². The monoisotopic (exact) mass is 411 g/mol. The molecule has 2 aromatic heterocycles. The Labute approximate surface area is 169 Å². The van der Waals surface area contributed by atoms with Gasteiger partial charge in [-0.25, -0.2) is 4.98 Å². The number of benzene rings is 2. The van der Waals surface area contributed by atoms with E-state index >= 15 is 0 Å². The Morgan fingerprint density at radius 1 is 1.00 bits per heavy atom. The maximum atomic E-state index is 12.2. The number of hydrogen-bond donors (Lipinski definition) is 2. The highest BCUT2D eigenvalue weighted by molar-refractivity contribution is 7.21. The minimum atomic E-state index is -0.545. The molecule has 0 aliphatic rings. The first kappa shape index (κ1) is 18.2. The van der Waals surface area contributed by atoms with Gasteiger partial charge in [-0.05, 0) is 42.0 Å². The Morgan fingerprint density at radius 3 is 2.57 bits per heavy atom. The van der Waals surface area contributed by atoms with Crippen molar-refractivity contribution in [2.24, 2.45) is 0 Å². The van der Waals surface area contributed by atoms with E-state index in [2.05, 4.69) is 15.8 Å². The van der Waals surface area contributed by atoms with Crippen LogP contribution in [0.3, 0.4) is 0 Å². The average Bonchev–Trinajstić information content (AvgIpc) is 3.35. The smallest absolute Gasteiger partial charge is 0.305 e. The van der Waals surface area contributed by atoms with E-state index in [1.54, 1.807) is 36.4 Å². The number of furan rings is 1. The number of carbonyl (C=O) groups is 2.